The van der Waals surface area contributed by atoms with E-state index in [9.17, 15) is 23.1 Å². The van der Waals surface area contributed by atoms with Crippen LogP contribution < -0.4 is 4.74 Å². The number of alkyl halides is 3. The Hall–Kier alpha value is -2.45. The number of likely N-dealkylation sites (tertiary alicyclic amines) is 1. The SMILES string of the molecule is O=C(O)N1CCCCC1c1nc2ccc(OC(F)(F)F)cc2o1. The number of ether oxygens (including phenoxy) is 1. The molecule has 6 nitrogen and oxygen atoms in total. The second kappa shape index (κ2) is 5.64. The number of oxazole rings is 1. The quantitative estimate of drug-likeness (QED) is 0.903. The zero-order valence-corrected chi connectivity index (χ0v) is 11.8. The average Bonchev–Trinajstić information content (AvgIpc) is 2.88. The zero-order chi connectivity index (χ0) is 16.6. The standard InChI is InChI=1S/C14H13F3N2O4/c15-14(16,17)23-8-4-5-9-11(7-8)22-12(18-9)10-3-1-2-6-19(10)13(20)21/h4-5,7,10H,1-3,6H2,(H,20,21). The van der Waals surface area contributed by atoms with Gasteiger partial charge in [-0.2, -0.15) is 0 Å². The van der Waals surface area contributed by atoms with Crippen LogP contribution in [-0.4, -0.2) is 34.0 Å². The Labute approximate surface area is 128 Å². The van der Waals surface area contributed by atoms with Crippen molar-refractivity contribution < 1.29 is 32.2 Å². The van der Waals surface area contributed by atoms with E-state index in [1.165, 1.54) is 11.0 Å². The van der Waals surface area contributed by atoms with E-state index in [1.54, 1.807) is 0 Å². The lowest BCUT2D eigenvalue weighted by atomic mass is 10.0. The van der Waals surface area contributed by atoms with Crippen molar-refractivity contribution in [1.82, 2.24) is 9.88 Å². The maximum absolute atomic E-state index is 12.2. The molecule has 1 unspecified atom stereocenters. The number of benzene rings is 1. The highest BCUT2D eigenvalue weighted by molar-refractivity contribution is 5.74. The van der Waals surface area contributed by atoms with Crippen molar-refractivity contribution in [1.29, 1.82) is 0 Å². The Morgan fingerprint density at radius 2 is 2.17 bits per heavy atom. The first-order chi connectivity index (χ1) is 10.8. The number of amides is 1. The molecule has 1 aliphatic heterocycles. The topological polar surface area (TPSA) is 75.8 Å². The third-order valence-electron chi connectivity index (χ3n) is 3.64. The summed E-state index contributed by atoms with van der Waals surface area (Å²) in [4.78, 5) is 16.7. The van der Waals surface area contributed by atoms with Crippen LogP contribution in [0.5, 0.6) is 5.75 Å². The van der Waals surface area contributed by atoms with E-state index in [0.717, 1.165) is 25.0 Å². The van der Waals surface area contributed by atoms with E-state index < -0.39 is 24.2 Å². The van der Waals surface area contributed by atoms with Gasteiger partial charge in [0.05, 0.1) is 0 Å². The summed E-state index contributed by atoms with van der Waals surface area (Å²) in [6.07, 6.45) is -3.72. The molecule has 0 radical (unpaired) electrons. The molecule has 1 amide bonds. The van der Waals surface area contributed by atoms with Gasteiger partial charge in [0.1, 0.15) is 17.3 Å². The molecule has 1 fully saturated rings. The number of fused-ring (bicyclic) bond motifs is 1. The Kier molecular flexibility index (Phi) is 3.78. The van der Waals surface area contributed by atoms with Crippen molar-refractivity contribution in [3.63, 3.8) is 0 Å². The highest BCUT2D eigenvalue weighted by Crippen LogP contribution is 2.33. The van der Waals surface area contributed by atoms with Gasteiger partial charge in [0, 0.05) is 12.6 Å². The van der Waals surface area contributed by atoms with Crippen molar-refractivity contribution in [3.8, 4) is 5.75 Å². The van der Waals surface area contributed by atoms with Gasteiger partial charge >= 0.3 is 12.5 Å². The van der Waals surface area contributed by atoms with Crippen LogP contribution in [-0.2, 0) is 0 Å². The maximum Gasteiger partial charge on any atom is 0.573 e. The minimum Gasteiger partial charge on any atom is -0.465 e. The fourth-order valence-corrected chi connectivity index (χ4v) is 2.68. The van der Waals surface area contributed by atoms with Crippen LogP contribution in [0.15, 0.2) is 22.6 Å². The first kappa shape index (κ1) is 15.4. The molecule has 3 rings (SSSR count). The van der Waals surface area contributed by atoms with E-state index in [0.29, 0.717) is 18.5 Å². The second-order valence-corrected chi connectivity index (χ2v) is 5.22. The Morgan fingerprint density at radius 1 is 1.39 bits per heavy atom. The molecule has 0 aliphatic carbocycles. The largest absolute Gasteiger partial charge is 0.573 e. The Morgan fingerprint density at radius 3 is 2.87 bits per heavy atom. The fraction of sp³-hybridized carbons (Fsp3) is 0.429. The van der Waals surface area contributed by atoms with Crippen LogP contribution in [0.4, 0.5) is 18.0 Å². The van der Waals surface area contributed by atoms with Crippen molar-refractivity contribution in [2.75, 3.05) is 6.54 Å². The first-order valence-electron chi connectivity index (χ1n) is 6.99. The predicted octanol–water partition coefficient (Wildman–Crippen LogP) is 3.93. The lowest BCUT2D eigenvalue weighted by Crippen LogP contribution is -2.37. The molecular weight excluding hydrogens is 317 g/mol. The van der Waals surface area contributed by atoms with Gasteiger partial charge in [-0.15, -0.1) is 13.2 Å². The van der Waals surface area contributed by atoms with E-state index in [4.69, 9.17) is 4.42 Å². The van der Waals surface area contributed by atoms with Gasteiger partial charge in [0.25, 0.3) is 0 Å². The van der Waals surface area contributed by atoms with Gasteiger partial charge < -0.3 is 14.3 Å². The highest BCUT2D eigenvalue weighted by Gasteiger charge is 2.33. The molecule has 23 heavy (non-hydrogen) atoms. The number of hydrogen-bond acceptors (Lipinski definition) is 4. The van der Waals surface area contributed by atoms with Crippen LogP contribution >= 0.6 is 0 Å². The van der Waals surface area contributed by atoms with Crippen LogP contribution in [0, 0.1) is 0 Å². The molecule has 0 saturated carbocycles. The van der Waals surface area contributed by atoms with Crippen LogP contribution in [0.3, 0.4) is 0 Å². The van der Waals surface area contributed by atoms with Gasteiger partial charge in [0.15, 0.2) is 5.58 Å². The highest BCUT2D eigenvalue weighted by atomic mass is 19.4. The summed E-state index contributed by atoms with van der Waals surface area (Å²) < 4.78 is 46.0. The van der Waals surface area contributed by atoms with Crippen LogP contribution in [0.1, 0.15) is 31.2 Å². The summed E-state index contributed by atoms with van der Waals surface area (Å²) in [5.41, 5.74) is 0.475. The smallest absolute Gasteiger partial charge is 0.465 e. The van der Waals surface area contributed by atoms with Crippen molar-refractivity contribution in [2.24, 2.45) is 0 Å². The molecule has 1 N–H and O–H groups in total. The van der Waals surface area contributed by atoms with Crippen LogP contribution in [0.25, 0.3) is 11.1 Å². The monoisotopic (exact) mass is 330 g/mol. The van der Waals surface area contributed by atoms with E-state index in [1.807, 2.05) is 0 Å². The van der Waals surface area contributed by atoms with Gasteiger partial charge in [0.2, 0.25) is 5.89 Å². The third-order valence-corrected chi connectivity index (χ3v) is 3.64. The summed E-state index contributed by atoms with van der Waals surface area (Å²) in [5, 5.41) is 9.23. The maximum atomic E-state index is 12.2. The molecule has 0 spiro atoms. The molecule has 1 saturated heterocycles. The van der Waals surface area contributed by atoms with Gasteiger partial charge in [-0.3, -0.25) is 4.90 Å². The molecule has 9 heteroatoms. The minimum atomic E-state index is -4.79. The summed E-state index contributed by atoms with van der Waals surface area (Å²) >= 11 is 0. The molecule has 124 valence electrons. The number of halogens is 3. The second-order valence-electron chi connectivity index (χ2n) is 5.22. The first-order valence-corrected chi connectivity index (χ1v) is 6.99. The number of aromatic nitrogens is 1. The number of hydrogen-bond donors (Lipinski definition) is 1. The molecule has 1 aliphatic rings. The number of rotatable bonds is 2. The molecular formula is C14H13F3N2O4. The molecule has 1 atom stereocenters. The number of carboxylic acid groups (broad SMARTS) is 1. The number of piperidine rings is 1. The number of nitrogens with zero attached hydrogens (tertiary/aromatic N) is 2. The van der Waals surface area contributed by atoms with Crippen molar-refractivity contribution in [2.45, 2.75) is 31.7 Å². The summed E-state index contributed by atoms with van der Waals surface area (Å²) in [6.45, 7) is 0.376. The Bertz CT molecular complexity index is 728. The van der Waals surface area contributed by atoms with Crippen LogP contribution in [0.2, 0.25) is 0 Å². The lowest BCUT2D eigenvalue weighted by Gasteiger charge is -2.31. The van der Waals surface area contributed by atoms with Crippen molar-refractivity contribution >= 4 is 17.2 Å². The fourth-order valence-electron chi connectivity index (χ4n) is 2.68. The van der Waals surface area contributed by atoms with Gasteiger partial charge in [-0.1, -0.05) is 0 Å². The number of carbonyl (C=O) groups is 1. The average molecular weight is 330 g/mol. The minimum absolute atomic E-state index is 0.123. The molecule has 2 heterocycles. The van der Waals surface area contributed by atoms with E-state index >= 15 is 0 Å². The van der Waals surface area contributed by atoms with E-state index in [-0.39, 0.29) is 11.5 Å². The van der Waals surface area contributed by atoms with E-state index in [2.05, 4.69) is 9.72 Å². The predicted molar refractivity (Wildman–Crippen MR) is 72.0 cm³/mol. The molecule has 1 aromatic carbocycles. The van der Waals surface area contributed by atoms with Gasteiger partial charge in [-0.25, -0.2) is 9.78 Å². The summed E-state index contributed by atoms with van der Waals surface area (Å²) in [7, 11) is 0. The normalized spacial score (nSPS) is 19.1. The molecule has 2 aromatic rings. The van der Waals surface area contributed by atoms with Crippen molar-refractivity contribution in [3.05, 3.63) is 24.1 Å². The summed E-state index contributed by atoms with van der Waals surface area (Å²) in [5.74, 6) is -0.224. The molecule has 0 bridgehead atoms. The summed E-state index contributed by atoms with van der Waals surface area (Å²) in [6, 6.07) is 3.04. The van der Waals surface area contributed by atoms with Gasteiger partial charge in [-0.05, 0) is 31.4 Å². The molecule has 1 aromatic heterocycles. The lowest BCUT2D eigenvalue weighted by molar-refractivity contribution is -0.274. The zero-order valence-electron chi connectivity index (χ0n) is 11.8. The third kappa shape index (κ3) is 3.33. The Balaban J connectivity index is 1.91.